The molecule has 0 radical (unpaired) electrons. The molecule has 132 valence electrons. The van der Waals surface area contributed by atoms with Crippen LogP contribution in [-0.4, -0.2) is 18.2 Å². The SMILES string of the molecule is CC(C)C(C)C.Cc1cccnc1N(C)C(C)Nc1ccccc1. The van der Waals surface area contributed by atoms with Crippen LogP contribution in [0, 0.1) is 18.8 Å². The lowest BCUT2D eigenvalue weighted by molar-refractivity contribution is 0.457. The lowest BCUT2D eigenvalue weighted by atomic mass is 10.0. The van der Waals surface area contributed by atoms with E-state index in [-0.39, 0.29) is 6.17 Å². The highest BCUT2D eigenvalue weighted by molar-refractivity contribution is 5.50. The lowest BCUT2D eigenvalue weighted by Crippen LogP contribution is -2.36. The summed E-state index contributed by atoms with van der Waals surface area (Å²) >= 11 is 0. The molecule has 3 nitrogen and oxygen atoms in total. The van der Waals surface area contributed by atoms with Crippen LogP contribution in [0.5, 0.6) is 0 Å². The molecule has 1 unspecified atom stereocenters. The van der Waals surface area contributed by atoms with Crippen LogP contribution in [-0.2, 0) is 0 Å². The summed E-state index contributed by atoms with van der Waals surface area (Å²) < 4.78 is 0. The van der Waals surface area contributed by atoms with E-state index in [2.05, 4.69) is 82.0 Å². The van der Waals surface area contributed by atoms with Gasteiger partial charge in [0.2, 0.25) is 0 Å². The number of anilines is 2. The molecule has 0 amide bonds. The van der Waals surface area contributed by atoms with Crippen LogP contribution in [0.2, 0.25) is 0 Å². The van der Waals surface area contributed by atoms with E-state index in [1.165, 1.54) is 5.56 Å². The quantitative estimate of drug-likeness (QED) is 0.726. The number of pyridine rings is 1. The highest BCUT2D eigenvalue weighted by atomic mass is 15.3. The fourth-order valence-electron chi connectivity index (χ4n) is 1.90. The van der Waals surface area contributed by atoms with Crippen LogP contribution in [0.1, 0.15) is 40.2 Å². The Kier molecular flexibility index (Phi) is 8.31. The van der Waals surface area contributed by atoms with Crippen molar-refractivity contribution in [2.75, 3.05) is 17.3 Å². The van der Waals surface area contributed by atoms with Crippen molar-refractivity contribution in [2.24, 2.45) is 11.8 Å². The first-order chi connectivity index (χ1) is 11.3. The van der Waals surface area contributed by atoms with E-state index in [4.69, 9.17) is 0 Å². The Balaban J connectivity index is 0.000000413. The van der Waals surface area contributed by atoms with E-state index in [1.807, 2.05) is 30.5 Å². The summed E-state index contributed by atoms with van der Waals surface area (Å²) in [5.41, 5.74) is 2.30. The molecule has 1 aromatic carbocycles. The van der Waals surface area contributed by atoms with Crippen LogP contribution in [0.3, 0.4) is 0 Å². The van der Waals surface area contributed by atoms with E-state index in [9.17, 15) is 0 Å². The molecule has 1 atom stereocenters. The summed E-state index contributed by atoms with van der Waals surface area (Å²) in [7, 11) is 2.05. The summed E-state index contributed by atoms with van der Waals surface area (Å²) in [4.78, 5) is 6.57. The summed E-state index contributed by atoms with van der Waals surface area (Å²) in [5, 5.41) is 3.45. The third-order valence-electron chi connectivity index (χ3n) is 4.38. The van der Waals surface area contributed by atoms with Crippen molar-refractivity contribution in [3.05, 3.63) is 54.2 Å². The van der Waals surface area contributed by atoms with E-state index in [0.717, 1.165) is 23.3 Å². The molecule has 24 heavy (non-hydrogen) atoms. The van der Waals surface area contributed by atoms with E-state index < -0.39 is 0 Å². The van der Waals surface area contributed by atoms with Crippen molar-refractivity contribution in [3.8, 4) is 0 Å². The molecular formula is C21H33N3. The molecule has 0 fully saturated rings. The van der Waals surface area contributed by atoms with Gasteiger partial charge in [0.1, 0.15) is 5.82 Å². The van der Waals surface area contributed by atoms with E-state index >= 15 is 0 Å². The standard InChI is InChI=1S/C15H19N3.C6H14/c1-12-8-7-11-16-15(12)18(3)13(2)17-14-9-5-4-6-10-14;1-5(2)6(3)4/h4-11,13,17H,1-3H3;5-6H,1-4H3. The molecule has 3 heteroatoms. The van der Waals surface area contributed by atoms with Gasteiger partial charge in [0.05, 0.1) is 6.17 Å². The molecule has 1 N–H and O–H groups in total. The second kappa shape index (κ2) is 9.96. The Morgan fingerprint density at radius 2 is 1.46 bits per heavy atom. The number of rotatable bonds is 5. The Morgan fingerprint density at radius 3 is 1.96 bits per heavy atom. The van der Waals surface area contributed by atoms with Crippen LogP contribution in [0.15, 0.2) is 48.7 Å². The first-order valence-corrected chi connectivity index (χ1v) is 8.79. The Labute approximate surface area is 148 Å². The molecule has 0 aliphatic rings. The Hall–Kier alpha value is -2.03. The lowest BCUT2D eigenvalue weighted by Gasteiger charge is -2.28. The summed E-state index contributed by atoms with van der Waals surface area (Å²) in [6, 6.07) is 14.2. The Bertz CT molecular complexity index is 573. The molecular weight excluding hydrogens is 294 g/mol. The van der Waals surface area contributed by atoms with Gasteiger partial charge >= 0.3 is 0 Å². The molecule has 0 saturated heterocycles. The minimum absolute atomic E-state index is 0.181. The number of para-hydroxylation sites is 1. The number of aryl methyl sites for hydroxylation is 1. The van der Waals surface area contributed by atoms with Crippen molar-refractivity contribution >= 4 is 11.5 Å². The largest absolute Gasteiger partial charge is 0.365 e. The average molecular weight is 328 g/mol. The van der Waals surface area contributed by atoms with Gasteiger partial charge in [-0.15, -0.1) is 0 Å². The molecule has 0 bridgehead atoms. The third-order valence-corrected chi connectivity index (χ3v) is 4.38. The first kappa shape index (κ1) is 20.0. The maximum atomic E-state index is 4.43. The van der Waals surface area contributed by atoms with Gasteiger partial charge in [-0.3, -0.25) is 0 Å². The maximum Gasteiger partial charge on any atom is 0.132 e. The smallest absolute Gasteiger partial charge is 0.132 e. The van der Waals surface area contributed by atoms with Gasteiger partial charge in [0.25, 0.3) is 0 Å². The number of hydrogen-bond acceptors (Lipinski definition) is 3. The molecule has 1 aromatic heterocycles. The number of nitrogens with zero attached hydrogens (tertiary/aromatic N) is 2. The van der Waals surface area contributed by atoms with E-state index in [0.29, 0.717) is 0 Å². The number of nitrogens with one attached hydrogen (secondary N) is 1. The fourth-order valence-corrected chi connectivity index (χ4v) is 1.90. The molecule has 0 aliphatic carbocycles. The normalized spacial score (nSPS) is 11.7. The van der Waals surface area contributed by atoms with Crippen molar-refractivity contribution in [2.45, 2.75) is 47.7 Å². The van der Waals surface area contributed by atoms with Gasteiger partial charge in [-0.25, -0.2) is 4.98 Å². The molecule has 0 aliphatic heterocycles. The van der Waals surface area contributed by atoms with Gasteiger partial charge in [-0.2, -0.15) is 0 Å². The first-order valence-electron chi connectivity index (χ1n) is 8.79. The zero-order valence-electron chi connectivity index (χ0n) is 16.2. The van der Waals surface area contributed by atoms with Gasteiger partial charge in [0, 0.05) is 18.9 Å². The molecule has 2 aromatic rings. The monoisotopic (exact) mass is 327 g/mol. The molecule has 1 heterocycles. The van der Waals surface area contributed by atoms with Gasteiger partial charge < -0.3 is 10.2 Å². The highest BCUT2D eigenvalue weighted by Gasteiger charge is 2.12. The van der Waals surface area contributed by atoms with Gasteiger partial charge in [0.15, 0.2) is 0 Å². The summed E-state index contributed by atoms with van der Waals surface area (Å²) in [6.07, 6.45) is 2.01. The topological polar surface area (TPSA) is 28.2 Å². The van der Waals surface area contributed by atoms with Crippen molar-refractivity contribution in [1.82, 2.24) is 4.98 Å². The highest BCUT2D eigenvalue weighted by Crippen LogP contribution is 2.18. The number of benzene rings is 1. The van der Waals surface area contributed by atoms with Crippen LogP contribution in [0.25, 0.3) is 0 Å². The maximum absolute atomic E-state index is 4.43. The predicted octanol–water partition coefficient (Wildman–Crippen LogP) is 5.58. The van der Waals surface area contributed by atoms with Crippen LogP contribution >= 0.6 is 0 Å². The zero-order valence-corrected chi connectivity index (χ0v) is 16.2. The van der Waals surface area contributed by atoms with E-state index in [1.54, 1.807) is 0 Å². The number of hydrogen-bond donors (Lipinski definition) is 1. The molecule has 2 rings (SSSR count). The molecule has 0 spiro atoms. The van der Waals surface area contributed by atoms with Crippen LogP contribution < -0.4 is 10.2 Å². The fraction of sp³-hybridized carbons (Fsp3) is 0.476. The minimum Gasteiger partial charge on any atom is -0.365 e. The number of aromatic nitrogens is 1. The van der Waals surface area contributed by atoms with Crippen molar-refractivity contribution < 1.29 is 0 Å². The Morgan fingerprint density at radius 1 is 0.875 bits per heavy atom. The zero-order chi connectivity index (χ0) is 18.1. The van der Waals surface area contributed by atoms with Crippen LogP contribution in [0.4, 0.5) is 11.5 Å². The third kappa shape index (κ3) is 6.61. The summed E-state index contributed by atoms with van der Waals surface area (Å²) in [6.45, 7) is 13.2. The van der Waals surface area contributed by atoms with Crippen molar-refractivity contribution in [1.29, 1.82) is 0 Å². The van der Waals surface area contributed by atoms with Gasteiger partial charge in [-0.05, 0) is 49.4 Å². The molecule has 0 saturated carbocycles. The van der Waals surface area contributed by atoms with Crippen molar-refractivity contribution in [3.63, 3.8) is 0 Å². The second-order valence-corrected chi connectivity index (χ2v) is 6.93. The average Bonchev–Trinajstić information content (AvgIpc) is 2.56. The van der Waals surface area contributed by atoms with Gasteiger partial charge in [-0.1, -0.05) is 52.0 Å². The predicted molar refractivity (Wildman–Crippen MR) is 107 cm³/mol. The summed E-state index contributed by atoms with van der Waals surface area (Å²) in [5.74, 6) is 2.71. The second-order valence-electron chi connectivity index (χ2n) is 6.93. The minimum atomic E-state index is 0.181.